The lowest BCUT2D eigenvalue weighted by atomic mass is 9.96. The maximum absolute atomic E-state index is 9.79. The van der Waals surface area contributed by atoms with Gasteiger partial charge in [-0.25, -0.2) is 0 Å². The number of anilines is 1. The Labute approximate surface area is 94.7 Å². The molecular weight excluding hydrogens is 198 g/mol. The quantitative estimate of drug-likeness (QED) is 0.715. The van der Waals surface area contributed by atoms with Gasteiger partial charge in [-0.2, -0.15) is 0 Å². The largest absolute Gasteiger partial charge is 0.398 e. The Hall–Kier alpha value is -1.54. The second-order valence-corrected chi connectivity index (χ2v) is 4.55. The van der Waals surface area contributed by atoms with Crippen molar-refractivity contribution in [1.82, 2.24) is 0 Å². The standard InChI is InChI=1S/C14H15NO/c1-8(16)11-6-4-9-2-3-10-5-7-12(15)14(11)13(9)10/h4-8,16H,2-3,15H2,1H3. The van der Waals surface area contributed by atoms with Crippen LogP contribution in [0.3, 0.4) is 0 Å². The molecule has 0 fully saturated rings. The van der Waals surface area contributed by atoms with E-state index in [4.69, 9.17) is 5.73 Å². The number of aliphatic hydroxyl groups excluding tert-OH is 1. The van der Waals surface area contributed by atoms with E-state index in [2.05, 4.69) is 12.1 Å². The zero-order valence-electron chi connectivity index (χ0n) is 9.33. The summed E-state index contributed by atoms with van der Waals surface area (Å²) in [6, 6.07) is 8.20. The van der Waals surface area contributed by atoms with Gasteiger partial charge in [-0.05, 0) is 47.9 Å². The predicted octanol–water partition coefficient (Wildman–Crippen LogP) is 2.57. The van der Waals surface area contributed by atoms with Crippen molar-refractivity contribution in [2.45, 2.75) is 25.9 Å². The zero-order chi connectivity index (χ0) is 11.3. The molecule has 0 saturated carbocycles. The number of aliphatic hydroxyl groups is 1. The fourth-order valence-electron chi connectivity index (χ4n) is 2.73. The molecule has 16 heavy (non-hydrogen) atoms. The minimum atomic E-state index is -0.466. The van der Waals surface area contributed by atoms with E-state index in [0.717, 1.165) is 29.5 Å². The number of nitrogen functional groups attached to an aromatic ring is 1. The molecule has 82 valence electrons. The molecule has 0 amide bonds. The summed E-state index contributed by atoms with van der Waals surface area (Å²) in [5.41, 5.74) is 10.5. The highest BCUT2D eigenvalue weighted by molar-refractivity contribution is 6.01. The van der Waals surface area contributed by atoms with Gasteiger partial charge in [0.15, 0.2) is 0 Å². The summed E-state index contributed by atoms with van der Waals surface area (Å²) in [4.78, 5) is 0. The van der Waals surface area contributed by atoms with Gasteiger partial charge in [0, 0.05) is 11.1 Å². The molecule has 1 aliphatic carbocycles. The molecule has 3 rings (SSSR count). The van der Waals surface area contributed by atoms with E-state index in [1.165, 1.54) is 16.5 Å². The van der Waals surface area contributed by atoms with Crippen LogP contribution >= 0.6 is 0 Å². The van der Waals surface area contributed by atoms with Crippen LogP contribution in [0.4, 0.5) is 5.69 Å². The smallest absolute Gasteiger partial charge is 0.0768 e. The first kappa shape index (κ1) is 9.67. The van der Waals surface area contributed by atoms with E-state index in [1.54, 1.807) is 6.92 Å². The first-order valence-corrected chi connectivity index (χ1v) is 5.69. The number of hydrogen-bond acceptors (Lipinski definition) is 2. The van der Waals surface area contributed by atoms with Crippen molar-refractivity contribution in [2.24, 2.45) is 0 Å². The van der Waals surface area contributed by atoms with E-state index in [1.807, 2.05) is 12.1 Å². The third kappa shape index (κ3) is 1.17. The van der Waals surface area contributed by atoms with Gasteiger partial charge in [0.05, 0.1) is 6.10 Å². The van der Waals surface area contributed by atoms with Crippen molar-refractivity contribution in [3.8, 4) is 0 Å². The number of nitrogens with two attached hydrogens (primary N) is 1. The van der Waals surface area contributed by atoms with E-state index >= 15 is 0 Å². The predicted molar refractivity (Wildman–Crippen MR) is 66.4 cm³/mol. The molecule has 0 bridgehead atoms. The molecular formula is C14H15NO. The van der Waals surface area contributed by atoms with E-state index in [-0.39, 0.29) is 0 Å². The van der Waals surface area contributed by atoms with Crippen molar-refractivity contribution >= 4 is 16.5 Å². The summed E-state index contributed by atoms with van der Waals surface area (Å²) in [6.07, 6.45) is 1.72. The van der Waals surface area contributed by atoms with Crippen LogP contribution in [-0.4, -0.2) is 5.11 Å². The Balaban J connectivity index is 2.49. The van der Waals surface area contributed by atoms with Crippen LogP contribution in [0.2, 0.25) is 0 Å². The Morgan fingerprint density at radius 2 is 1.69 bits per heavy atom. The highest BCUT2D eigenvalue weighted by Gasteiger charge is 2.19. The average molecular weight is 213 g/mol. The van der Waals surface area contributed by atoms with Gasteiger partial charge in [0.2, 0.25) is 0 Å². The van der Waals surface area contributed by atoms with Crippen LogP contribution in [0.15, 0.2) is 24.3 Å². The Kier molecular flexibility index (Phi) is 1.95. The summed E-state index contributed by atoms with van der Waals surface area (Å²) in [5.74, 6) is 0. The molecule has 2 heteroatoms. The summed E-state index contributed by atoms with van der Waals surface area (Å²) < 4.78 is 0. The first-order chi connectivity index (χ1) is 7.68. The van der Waals surface area contributed by atoms with Crippen molar-refractivity contribution < 1.29 is 5.11 Å². The van der Waals surface area contributed by atoms with Gasteiger partial charge in [0.25, 0.3) is 0 Å². The molecule has 1 atom stereocenters. The SMILES string of the molecule is CC(O)c1ccc2c3c(ccc(N)c13)CC2. The summed E-state index contributed by atoms with van der Waals surface area (Å²) >= 11 is 0. The molecule has 1 aliphatic rings. The molecule has 0 aromatic heterocycles. The molecule has 0 radical (unpaired) electrons. The van der Waals surface area contributed by atoms with Crippen molar-refractivity contribution in [3.63, 3.8) is 0 Å². The third-order valence-corrected chi connectivity index (χ3v) is 3.51. The number of rotatable bonds is 1. The van der Waals surface area contributed by atoms with E-state index in [9.17, 15) is 5.11 Å². The van der Waals surface area contributed by atoms with Crippen LogP contribution in [0, 0.1) is 0 Å². The highest BCUT2D eigenvalue weighted by Crippen LogP contribution is 2.38. The molecule has 0 heterocycles. The molecule has 2 aromatic carbocycles. The molecule has 2 nitrogen and oxygen atoms in total. The third-order valence-electron chi connectivity index (χ3n) is 3.51. The Bertz CT molecular complexity index is 562. The monoisotopic (exact) mass is 213 g/mol. The summed E-state index contributed by atoms with van der Waals surface area (Å²) in [7, 11) is 0. The van der Waals surface area contributed by atoms with Crippen LogP contribution in [0.25, 0.3) is 10.8 Å². The molecule has 3 N–H and O–H groups in total. The average Bonchev–Trinajstić information content (AvgIpc) is 2.67. The van der Waals surface area contributed by atoms with Crippen LogP contribution in [0.1, 0.15) is 29.7 Å². The highest BCUT2D eigenvalue weighted by atomic mass is 16.3. The first-order valence-electron chi connectivity index (χ1n) is 5.69. The fraction of sp³-hybridized carbons (Fsp3) is 0.286. The second kappa shape index (κ2) is 3.22. The van der Waals surface area contributed by atoms with Crippen LogP contribution in [0.5, 0.6) is 0 Å². The van der Waals surface area contributed by atoms with Crippen LogP contribution in [-0.2, 0) is 12.8 Å². The molecule has 2 aromatic rings. The molecule has 0 aliphatic heterocycles. The maximum Gasteiger partial charge on any atom is 0.0768 e. The lowest BCUT2D eigenvalue weighted by Crippen LogP contribution is -1.97. The minimum Gasteiger partial charge on any atom is -0.398 e. The topological polar surface area (TPSA) is 46.2 Å². The molecule has 0 spiro atoms. The fourth-order valence-corrected chi connectivity index (χ4v) is 2.73. The normalized spacial score (nSPS) is 15.6. The Morgan fingerprint density at radius 1 is 1.06 bits per heavy atom. The van der Waals surface area contributed by atoms with Gasteiger partial charge in [-0.15, -0.1) is 0 Å². The number of benzene rings is 2. The Morgan fingerprint density at radius 3 is 2.31 bits per heavy atom. The minimum absolute atomic E-state index is 0.466. The molecule has 0 saturated heterocycles. The van der Waals surface area contributed by atoms with Gasteiger partial charge in [-0.1, -0.05) is 18.2 Å². The lowest BCUT2D eigenvalue weighted by molar-refractivity contribution is 0.201. The zero-order valence-corrected chi connectivity index (χ0v) is 9.33. The van der Waals surface area contributed by atoms with Crippen molar-refractivity contribution in [3.05, 3.63) is 41.0 Å². The van der Waals surface area contributed by atoms with Crippen LogP contribution < -0.4 is 5.73 Å². The summed E-state index contributed by atoms with van der Waals surface area (Å²) in [5, 5.41) is 12.1. The van der Waals surface area contributed by atoms with Crippen molar-refractivity contribution in [1.29, 1.82) is 0 Å². The van der Waals surface area contributed by atoms with Gasteiger partial charge in [-0.3, -0.25) is 0 Å². The summed E-state index contributed by atoms with van der Waals surface area (Å²) in [6.45, 7) is 1.79. The second-order valence-electron chi connectivity index (χ2n) is 4.55. The van der Waals surface area contributed by atoms with E-state index < -0.39 is 6.10 Å². The van der Waals surface area contributed by atoms with Gasteiger partial charge in [0.1, 0.15) is 0 Å². The van der Waals surface area contributed by atoms with Gasteiger partial charge < -0.3 is 10.8 Å². The van der Waals surface area contributed by atoms with E-state index in [0.29, 0.717) is 0 Å². The molecule has 1 unspecified atom stereocenters. The van der Waals surface area contributed by atoms with Crippen molar-refractivity contribution in [2.75, 3.05) is 5.73 Å². The lowest BCUT2D eigenvalue weighted by Gasteiger charge is -2.13. The maximum atomic E-state index is 9.79. The number of aryl methyl sites for hydroxylation is 2. The van der Waals surface area contributed by atoms with Gasteiger partial charge >= 0.3 is 0 Å². The number of hydrogen-bond donors (Lipinski definition) is 2.